The molecule has 0 saturated heterocycles. The average molecular weight is 220 g/mol. The van der Waals surface area contributed by atoms with E-state index in [0.717, 1.165) is 17.7 Å². The zero-order valence-electron chi connectivity index (χ0n) is 9.44. The van der Waals surface area contributed by atoms with Crippen LogP contribution in [0.5, 0.6) is 5.75 Å². The van der Waals surface area contributed by atoms with Crippen molar-refractivity contribution in [2.24, 2.45) is 0 Å². The van der Waals surface area contributed by atoms with E-state index in [9.17, 15) is 4.79 Å². The Morgan fingerprint density at radius 1 is 1.50 bits per heavy atom. The maximum absolute atomic E-state index is 11.9. The van der Waals surface area contributed by atoms with Gasteiger partial charge < -0.3 is 9.47 Å². The number of carbonyl (C=O) groups excluding carboxylic acids is 1. The molecule has 0 aromatic heterocycles. The Hall–Kier alpha value is -1.35. The van der Waals surface area contributed by atoms with Gasteiger partial charge in [0.1, 0.15) is 19.0 Å². The van der Waals surface area contributed by atoms with Gasteiger partial charge in [0.25, 0.3) is 0 Å². The Bertz CT molecular complexity index is 373. The molecule has 1 unspecified atom stereocenters. The quantitative estimate of drug-likeness (QED) is 0.713. The van der Waals surface area contributed by atoms with Gasteiger partial charge in [-0.05, 0) is 12.5 Å². The van der Waals surface area contributed by atoms with E-state index < -0.39 is 0 Å². The van der Waals surface area contributed by atoms with Crippen LogP contribution in [0.15, 0.2) is 24.3 Å². The van der Waals surface area contributed by atoms with E-state index in [4.69, 9.17) is 9.47 Å². The fourth-order valence-corrected chi connectivity index (χ4v) is 1.85. The van der Waals surface area contributed by atoms with E-state index in [1.807, 2.05) is 31.2 Å². The van der Waals surface area contributed by atoms with Crippen molar-refractivity contribution in [3.63, 3.8) is 0 Å². The van der Waals surface area contributed by atoms with Crippen molar-refractivity contribution >= 4 is 5.78 Å². The van der Waals surface area contributed by atoms with E-state index in [1.54, 1.807) is 0 Å². The van der Waals surface area contributed by atoms with Crippen LogP contribution in [0.3, 0.4) is 0 Å². The summed E-state index contributed by atoms with van der Waals surface area (Å²) in [4.78, 5) is 11.9. The number of hydrogen-bond donors (Lipinski definition) is 0. The highest BCUT2D eigenvalue weighted by Gasteiger charge is 2.29. The minimum absolute atomic E-state index is 0.110. The third-order valence-corrected chi connectivity index (χ3v) is 2.68. The van der Waals surface area contributed by atoms with Gasteiger partial charge in [0.2, 0.25) is 0 Å². The summed E-state index contributed by atoms with van der Waals surface area (Å²) in [7, 11) is 0. The van der Waals surface area contributed by atoms with E-state index in [1.165, 1.54) is 0 Å². The first-order valence-electron chi connectivity index (χ1n) is 5.65. The van der Waals surface area contributed by atoms with Crippen LogP contribution in [0.4, 0.5) is 0 Å². The zero-order chi connectivity index (χ0) is 11.4. The standard InChI is InChI=1S/C13H16O3/c1-2-7-15-9-12(14)11-8-16-13-6-4-3-5-10(11)13/h3-6,11H,2,7-9H2,1H3. The smallest absolute Gasteiger partial charge is 0.169 e. The predicted molar refractivity (Wildman–Crippen MR) is 60.8 cm³/mol. The van der Waals surface area contributed by atoms with Crippen molar-refractivity contribution in [1.82, 2.24) is 0 Å². The van der Waals surface area contributed by atoms with Gasteiger partial charge in [0.15, 0.2) is 5.78 Å². The van der Waals surface area contributed by atoms with Gasteiger partial charge >= 0.3 is 0 Å². The molecule has 0 N–H and O–H groups in total. The molecular formula is C13H16O3. The van der Waals surface area contributed by atoms with Crippen molar-refractivity contribution in [1.29, 1.82) is 0 Å². The first-order valence-corrected chi connectivity index (χ1v) is 5.65. The summed E-state index contributed by atoms with van der Waals surface area (Å²) < 4.78 is 10.7. The lowest BCUT2D eigenvalue weighted by Gasteiger charge is -2.07. The van der Waals surface area contributed by atoms with Gasteiger partial charge in [-0.25, -0.2) is 0 Å². The lowest BCUT2D eigenvalue weighted by atomic mass is 9.97. The molecule has 2 rings (SSSR count). The van der Waals surface area contributed by atoms with Crippen LogP contribution < -0.4 is 4.74 Å². The lowest BCUT2D eigenvalue weighted by molar-refractivity contribution is -0.125. The Morgan fingerprint density at radius 2 is 2.31 bits per heavy atom. The number of fused-ring (bicyclic) bond motifs is 1. The second-order valence-corrected chi connectivity index (χ2v) is 3.92. The highest BCUT2D eigenvalue weighted by atomic mass is 16.5. The topological polar surface area (TPSA) is 35.5 Å². The molecule has 1 aromatic carbocycles. The number of Topliss-reactive ketones (excluding diaryl/α,β-unsaturated/α-hetero) is 1. The fraction of sp³-hybridized carbons (Fsp3) is 0.462. The number of rotatable bonds is 5. The molecular weight excluding hydrogens is 204 g/mol. The second-order valence-electron chi connectivity index (χ2n) is 3.92. The zero-order valence-corrected chi connectivity index (χ0v) is 9.44. The van der Waals surface area contributed by atoms with Crippen LogP contribution in [0.2, 0.25) is 0 Å². The summed E-state index contributed by atoms with van der Waals surface area (Å²) in [5.41, 5.74) is 0.993. The van der Waals surface area contributed by atoms with Gasteiger partial charge in [0, 0.05) is 12.2 Å². The Labute approximate surface area is 95.4 Å². The van der Waals surface area contributed by atoms with E-state index in [-0.39, 0.29) is 18.3 Å². The van der Waals surface area contributed by atoms with Crippen molar-refractivity contribution in [2.75, 3.05) is 19.8 Å². The molecule has 0 saturated carbocycles. The first-order chi connectivity index (χ1) is 7.83. The average Bonchev–Trinajstić information content (AvgIpc) is 2.73. The van der Waals surface area contributed by atoms with Crippen molar-refractivity contribution < 1.29 is 14.3 Å². The summed E-state index contributed by atoms with van der Waals surface area (Å²) in [6.07, 6.45) is 0.936. The highest BCUT2D eigenvalue weighted by Crippen LogP contribution is 2.33. The lowest BCUT2D eigenvalue weighted by Crippen LogP contribution is -2.19. The number of para-hydroxylation sites is 1. The van der Waals surface area contributed by atoms with Gasteiger partial charge in [-0.2, -0.15) is 0 Å². The monoisotopic (exact) mass is 220 g/mol. The van der Waals surface area contributed by atoms with Gasteiger partial charge in [-0.3, -0.25) is 4.79 Å². The molecule has 0 aliphatic carbocycles. The normalized spacial score (nSPS) is 17.9. The molecule has 0 fully saturated rings. The summed E-state index contributed by atoms with van der Waals surface area (Å²) >= 11 is 0. The molecule has 1 aliphatic heterocycles. The third-order valence-electron chi connectivity index (χ3n) is 2.68. The van der Waals surface area contributed by atoms with E-state index in [0.29, 0.717) is 13.2 Å². The molecule has 0 amide bonds. The molecule has 16 heavy (non-hydrogen) atoms. The molecule has 3 heteroatoms. The number of carbonyl (C=O) groups is 1. The SMILES string of the molecule is CCCOCC(=O)C1COc2ccccc21. The first kappa shape index (κ1) is 11.1. The molecule has 1 aromatic rings. The van der Waals surface area contributed by atoms with Gasteiger partial charge in [0.05, 0.1) is 5.92 Å². The Morgan fingerprint density at radius 3 is 3.12 bits per heavy atom. The number of hydrogen-bond acceptors (Lipinski definition) is 3. The molecule has 3 nitrogen and oxygen atoms in total. The molecule has 86 valence electrons. The Balaban J connectivity index is 1.99. The maximum atomic E-state index is 11.9. The Kier molecular flexibility index (Phi) is 3.57. The van der Waals surface area contributed by atoms with Gasteiger partial charge in [-0.15, -0.1) is 0 Å². The second kappa shape index (κ2) is 5.12. The number of benzene rings is 1. The minimum Gasteiger partial charge on any atom is -0.492 e. The van der Waals surface area contributed by atoms with Crippen molar-refractivity contribution in [3.8, 4) is 5.75 Å². The van der Waals surface area contributed by atoms with Crippen LogP contribution in [0.1, 0.15) is 24.8 Å². The van der Waals surface area contributed by atoms with Crippen LogP contribution >= 0.6 is 0 Å². The van der Waals surface area contributed by atoms with Gasteiger partial charge in [-0.1, -0.05) is 25.1 Å². The summed E-state index contributed by atoms with van der Waals surface area (Å²) in [5, 5.41) is 0. The molecule has 0 spiro atoms. The van der Waals surface area contributed by atoms with Crippen LogP contribution in [-0.4, -0.2) is 25.6 Å². The third kappa shape index (κ3) is 2.25. The van der Waals surface area contributed by atoms with E-state index in [2.05, 4.69) is 0 Å². The van der Waals surface area contributed by atoms with Crippen LogP contribution in [0.25, 0.3) is 0 Å². The predicted octanol–water partition coefficient (Wildman–Crippen LogP) is 2.16. The highest BCUT2D eigenvalue weighted by molar-refractivity contribution is 5.88. The summed E-state index contributed by atoms with van der Waals surface area (Å²) in [6.45, 7) is 3.31. The molecule has 0 bridgehead atoms. The fourth-order valence-electron chi connectivity index (χ4n) is 1.85. The van der Waals surface area contributed by atoms with Crippen molar-refractivity contribution in [3.05, 3.63) is 29.8 Å². The summed E-state index contributed by atoms with van der Waals surface area (Å²) in [6, 6.07) is 7.69. The summed E-state index contributed by atoms with van der Waals surface area (Å²) in [5.74, 6) is 0.794. The largest absolute Gasteiger partial charge is 0.492 e. The molecule has 0 radical (unpaired) electrons. The number of ether oxygens (including phenoxy) is 2. The molecule has 1 aliphatic rings. The molecule has 1 atom stereocenters. The van der Waals surface area contributed by atoms with Crippen LogP contribution in [-0.2, 0) is 9.53 Å². The minimum atomic E-state index is -0.145. The number of ketones is 1. The van der Waals surface area contributed by atoms with E-state index >= 15 is 0 Å². The van der Waals surface area contributed by atoms with Crippen LogP contribution in [0, 0.1) is 0 Å². The maximum Gasteiger partial charge on any atom is 0.169 e. The van der Waals surface area contributed by atoms with Crippen molar-refractivity contribution in [2.45, 2.75) is 19.3 Å². The molecule has 1 heterocycles.